The van der Waals surface area contributed by atoms with Crippen LogP contribution in [0, 0.1) is 6.92 Å². The van der Waals surface area contributed by atoms with Crippen molar-refractivity contribution in [3.8, 4) is 0 Å². The second-order valence-corrected chi connectivity index (χ2v) is 11.3. The maximum atomic E-state index is 13.9. The highest BCUT2D eigenvalue weighted by Gasteiger charge is 2.36. The van der Waals surface area contributed by atoms with Crippen LogP contribution in [0.15, 0.2) is 78.9 Å². The zero-order valence-corrected chi connectivity index (χ0v) is 23.6. The molecule has 4 rings (SSSR count). The van der Waals surface area contributed by atoms with E-state index >= 15 is 0 Å². The molecular weight excluding hydrogens is 502 g/mol. The Morgan fingerprint density at radius 2 is 1.43 bits per heavy atom. The molecule has 1 heterocycles. The van der Waals surface area contributed by atoms with Crippen molar-refractivity contribution in [2.75, 3.05) is 6.54 Å². The Balaban J connectivity index is 1.57. The van der Waals surface area contributed by atoms with E-state index < -0.39 is 11.6 Å². The molecule has 0 unspecified atom stereocenters. The Kier molecular flexibility index (Phi) is 8.83. The molecule has 0 spiro atoms. The Morgan fingerprint density at radius 3 is 2.02 bits per heavy atom. The Bertz CT molecular complexity index is 1360. The predicted octanol–water partition coefficient (Wildman–Crippen LogP) is 4.93. The van der Waals surface area contributed by atoms with Gasteiger partial charge in [0.25, 0.3) is 11.8 Å². The van der Waals surface area contributed by atoms with Gasteiger partial charge in [0, 0.05) is 31.5 Å². The molecule has 0 aromatic heterocycles. The average Bonchev–Trinajstić information content (AvgIpc) is 3.16. The number of fused-ring (bicyclic) bond motifs is 1. The van der Waals surface area contributed by atoms with Crippen molar-refractivity contribution in [1.82, 2.24) is 15.1 Å². The molecule has 208 valence electrons. The second-order valence-electron chi connectivity index (χ2n) is 11.3. The van der Waals surface area contributed by atoms with Crippen LogP contribution in [-0.2, 0) is 22.6 Å². The molecule has 0 fully saturated rings. The first-order valence-electron chi connectivity index (χ1n) is 13.7. The maximum absolute atomic E-state index is 13.9. The van der Waals surface area contributed by atoms with Gasteiger partial charge in [-0.15, -0.1) is 0 Å². The van der Waals surface area contributed by atoms with E-state index in [1.165, 1.54) is 4.90 Å². The molecule has 1 aliphatic heterocycles. The third-order valence-corrected chi connectivity index (χ3v) is 7.02. The van der Waals surface area contributed by atoms with E-state index in [2.05, 4.69) is 5.32 Å². The molecule has 7 nitrogen and oxygen atoms in total. The summed E-state index contributed by atoms with van der Waals surface area (Å²) in [6, 6.07) is 23.5. The standard InChI is InChI=1S/C33H37N3O4/c1-23-13-8-9-16-25(23)22-36(28(30(38)34-33(2,3)4)21-24-14-6-5-7-15-24)29(37)19-12-20-35-31(39)26-17-10-11-18-27(26)32(35)40/h5-11,13-18,28H,12,19-22H2,1-4H3,(H,34,38)/t28-/m0/s1. The van der Waals surface area contributed by atoms with Gasteiger partial charge in [-0.1, -0.05) is 66.7 Å². The lowest BCUT2D eigenvalue weighted by Gasteiger charge is -2.34. The highest BCUT2D eigenvalue weighted by atomic mass is 16.2. The molecule has 4 amide bonds. The van der Waals surface area contributed by atoms with Crippen LogP contribution < -0.4 is 5.32 Å². The molecule has 3 aromatic rings. The average molecular weight is 540 g/mol. The van der Waals surface area contributed by atoms with Crippen molar-refractivity contribution in [2.45, 2.75) is 65.1 Å². The lowest BCUT2D eigenvalue weighted by Crippen LogP contribution is -2.54. The zero-order valence-electron chi connectivity index (χ0n) is 23.6. The first kappa shape index (κ1) is 28.7. The number of nitrogens with zero attached hydrogens (tertiary/aromatic N) is 2. The molecule has 40 heavy (non-hydrogen) atoms. The van der Waals surface area contributed by atoms with Gasteiger partial charge in [-0.2, -0.15) is 0 Å². The maximum Gasteiger partial charge on any atom is 0.261 e. The molecule has 1 atom stereocenters. The van der Waals surface area contributed by atoms with Gasteiger partial charge < -0.3 is 10.2 Å². The van der Waals surface area contributed by atoms with Crippen molar-refractivity contribution in [2.24, 2.45) is 0 Å². The van der Waals surface area contributed by atoms with Crippen LogP contribution in [0.5, 0.6) is 0 Å². The monoisotopic (exact) mass is 539 g/mol. The van der Waals surface area contributed by atoms with Crippen molar-refractivity contribution >= 4 is 23.6 Å². The molecule has 7 heteroatoms. The quantitative estimate of drug-likeness (QED) is 0.370. The lowest BCUT2D eigenvalue weighted by molar-refractivity contribution is -0.142. The minimum Gasteiger partial charge on any atom is -0.350 e. The van der Waals surface area contributed by atoms with Gasteiger partial charge in [-0.3, -0.25) is 24.1 Å². The molecule has 0 radical (unpaired) electrons. The summed E-state index contributed by atoms with van der Waals surface area (Å²) in [4.78, 5) is 56.0. The number of rotatable bonds is 10. The molecule has 0 bridgehead atoms. The minimum atomic E-state index is -0.743. The normalized spacial score (nSPS) is 13.7. The van der Waals surface area contributed by atoms with Crippen LogP contribution >= 0.6 is 0 Å². The Labute approximate surface area is 236 Å². The fraction of sp³-hybridized carbons (Fsp3) is 0.333. The number of carbonyl (C=O) groups is 4. The summed E-state index contributed by atoms with van der Waals surface area (Å²) < 4.78 is 0. The molecule has 0 aliphatic carbocycles. The highest BCUT2D eigenvalue weighted by molar-refractivity contribution is 6.21. The summed E-state index contributed by atoms with van der Waals surface area (Å²) in [6.45, 7) is 8.14. The van der Waals surface area contributed by atoms with Crippen molar-refractivity contribution in [3.63, 3.8) is 0 Å². The fourth-order valence-corrected chi connectivity index (χ4v) is 4.95. The minimum absolute atomic E-state index is 0.0906. The van der Waals surface area contributed by atoms with E-state index in [1.54, 1.807) is 29.2 Å². The molecule has 3 aromatic carbocycles. The second kappa shape index (κ2) is 12.3. The van der Waals surface area contributed by atoms with Crippen LogP contribution in [0.3, 0.4) is 0 Å². The van der Waals surface area contributed by atoms with Crippen LogP contribution in [0.2, 0.25) is 0 Å². The van der Waals surface area contributed by atoms with Gasteiger partial charge in [0.2, 0.25) is 11.8 Å². The SMILES string of the molecule is Cc1ccccc1CN(C(=O)CCCN1C(=O)c2ccccc2C1=O)[C@@H](Cc1ccccc1)C(=O)NC(C)(C)C. The highest BCUT2D eigenvalue weighted by Crippen LogP contribution is 2.24. The summed E-state index contributed by atoms with van der Waals surface area (Å²) >= 11 is 0. The van der Waals surface area contributed by atoms with E-state index in [0.717, 1.165) is 16.7 Å². The molecule has 0 saturated heterocycles. The topological polar surface area (TPSA) is 86.8 Å². The lowest BCUT2D eigenvalue weighted by atomic mass is 9.99. The number of aryl methyl sites for hydroxylation is 1. The van der Waals surface area contributed by atoms with Crippen LogP contribution in [-0.4, -0.2) is 51.6 Å². The number of hydrogen-bond acceptors (Lipinski definition) is 4. The number of benzene rings is 3. The molecular formula is C33H37N3O4. The van der Waals surface area contributed by atoms with Gasteiger partial charge in [-0.25, -0.2) is 0 Å². The van der Waals surface area contributed by atoms with Gasteiger partial charge in [0.15, 0.2) is 0 Å². The number of nitrogens with one attached hydrogen (secondary N) is 1. The van der Waals surface area contributed by atoms with E-state index in [1.807, 2.05) is 82.3 Å². The van der Waals surface area contributed by atoms with E-state index in [-0.39, 0.29) is 43.1 Å². The molecule has 1 N–H and O–H groups in total. The predicted molar refractivity (Wildman–Crippen MR) is 155 cm³/mol. The first-order chi connectivity index (χ1) is 19.0. The van der Waals surface area contributed by atoms with Crippen molar-refractivity contribution in [3.05, 3.63) is 107 Å². The van der Waals surface area contributed by atoms with Crippen LogP contribution in [0.4, 0.5) is 0 Å². The Hall–Kier alpha value is -4.26. The van der Waals surface area contributed by atoms with Crippen molar-refractivity contribution < 1.29 is 19.2 Å². The fourth-order valence-electron chi connectivity index (χ4n) is 4.95. The van der Waals surface area contributed by atoms with E-state index in [0.29, 0.717) is 24.0 Å². The van der Waals surface area contributed by atoms with Gasteiger partial charge in [-0.05, 0) is 62.9 Å². The number of imide groups is 1. The number of carbonyl (C=O) groups excluding carboxylic acids is 4. The molecule has 0 saturated carbocycles. The van der Waals surface area contributed by atoms with Crippen LogP contribution in [0.25, 0.3) is 0 Å². The van der Waals surface area contributed by atoms with Crippen molar-refractivity contribution in [1.29, 1.82) is 0 Å². The third-order valence-electron chi connectivity index (χ3n) is 7.02. The smallest absolute Gasteiger partial charge is 0.261 e. The third kappa shape index (κ3) is 6.84. The Morgan fingerprint density at radius 1 is 0.850 bits per heavy atom. The van der Waals surface area contributed by atoms with Gasteiger partial charge in [0.1, 0.15) is 6.04 Å². The first-order valence-corrected chi connectivity index (χ1v) is 13.7. The van der Waals surface area contributed by atoms with Gasteiger partial charge in [0.05, 0.1) is 11.1 Å². The van der Waals surface area contributed by atoms with Crippen LogP contribution in [0.1, 0.15) is 71.0 Å². The summed E-state index contributed by atoms with van der Waals surface area (Å²) in [6.07, 6.45) is 0.750. The zero-order chi connectivity index (χ0) is 28.9. The summed E-state index contributed by atoms with van der Waals surface area (Å²) in [7, 11) is 0. The summed E-state index contributed by atoms with van der Waals surface area (Å²) in [5.41, 5.74) is 3.24. The van der Waals surface area contributed by atoms with Gasteiger partial charge >= 0.3 is 0 Å². The molecule has 1 aliphatic rings. The number of hydrogen-bond donors (Lipinski definition) is 1. The largest absolute Gasteiger partial charge is 0.350 e. The van der Waals surface area contributed by atoms with E-state index in [4.69, 9.17) is 0 Å². The summed E-state index contributed by atoms with van der Waals surface area (Å²) in [5.74, 6) is -1.10. The van der Waals surface area contributed by atoms with E-state index in [9.17, 15) is 19.2 Å². The summed E-state index contributed by atoms with van der Waals surface area (Å²) in [5, 5.41) is 3.07. The number of amides is 4.